The molecule has 0 aliphatic carbocycles. The first-order valence-electron chi connectivity index (χ1n) is 3.54. The van der Waals surface area contributed by atoms with Crippen LogP contribution in [0, 0.1) is 0 Å². The minimum absolute atomic E-state index is 0.404. The summed E-state index contributed by atoms with van der Waals surface area (Å²) >= 11 is 1.87. The molecule has 2 heteroatoms. The fraction of sp³-hybridized carbons (Fsp3) is 0.625. The molecule has 0 bridgehead atoms. The van der Waals surface area contributed by atoms with Crippen LogP contribution in [0.25, 0.3) is 0 Å². The maximum Gasteiger partial charge on any atom is 0.146 e. The maximum absolute atomic E-state index is 10.4. The molecule has 0 amide bonds. The normalized spacial score (nSPS) is 33.2. The Morgan fingerprint density at radius 2 is 2.40 bits per heavy atom. The average molecular weight is 156 g/mol. The molecule has 0 aromatic heterocycles. The monoisotopic (exact) mass is 156 g/mol. The van der Waals surface area contributed by atoms with Crippen LogP contribution in [0.15, 0.2) is 11.6 Å². The lowest BCUT2D eigenvalue weighted by Crippen LogP contribution is -2.13. The number of allylic oxidation sites excluding steroid dienone is 1. The van der Waals surface area contributed by atoms with E-state index in [0.29, 0.717) is 10.5 Å². The Morgan fingerprint density at radius 1 is 1.70 bits per heavy atom. The van der Waals surface area contributed by atoms with Crippen LogP contribution in [0.4, 0.5) is 0 Å². The van der Waals surface area contributed by atoms with Crippen molar-refractivity contribution in [3.63, 3.8) is 0 Å². The van der Waals surface area contributed by atoms with Crippen molar-refractivity contribution in [1.29, 1.82) is 0 Å². The lowest BCUT2D eigenvalue weighted by Gasteiger charge is -2.21. The first kappa shape index (κ1) is 7.86. The van der Waals surface area contributed by atoms with Crippen molar-refractivity contribution in [3.05, 3.63) is 11.6 Å². The van der Waals surface area contributed by atoms with Crippen LogP contribution in [-0.4, -0.2) is 16.8 Å². The van der Waals surface area contributed by atoms with E-state index in [2.05, 4.69) is 19.9 Å². The first-order valence-corrected chi connectivity index (χ1v) is 4.49. The highest BCUT2D eigenvalue weighted by Gasteiger charge is 2.16. The molecule has 2 atom stereocenters. The Labute approximate surface area is 65.9 Å². The van der Waals surface area contributed by atoms with Crippen molar-refractivity contribution in [3.8, 4) is 0 Å². The molecular weight excluding hydrogens is 144 g/mol. The summed E-state index contributed by atoms with van der Waals surface area (Å²) in [5.41, 5.74) is 0.961. The zero-order valence-electron chi connectivity index (χ0n) is 6.33. The predicted octanol–water partition coefficient (Wildman–Crippen LogP) is 2.03. The highest BCUT2D eigenvalue weighted by atomic mass is 32.2. The molecule has 0 fully saturated rings. The van der Waals surface area contributed by atoms with Crippen molar-refractivity contribution in [2.75, 3.05) is 0 Å². The van der Waals surface area contributed by atoms with E-state index in [-0.39, 0.29) is 0 Å². The molecule has 0 spiro atoms. The molecule has 0 radical (unpaired) electrons. The molecule has 0 saturated carbocycles. The Balaban J connectivity index is 2.65. The number of hydrogen-bond donors (Lipinski definition) is 0. The predicted molar refractivity (Wildman–Crippen MR) is 45.3 cm³/mol. The van der Waals surface area contributed by atoms with Gasteiger partial charge in [0, 0.05) is 16.1 Å². The highest BCUT2D eigenvalue weighted by Crippen LogP contribution is 2.29. The van der Waals surface area contributed by atoms with E-state index in [0.717, 1.165) is 18.3 Å². The molecule has 0 saturated heterocycles. The van der Waals surface area contributed by atoms with Gasteiger partial charge in [0.25, 0.3) is 0 Å². The third-order valence-corrected chi connectivity index (χ3v) is 3.06. The van der Waals surface area contributed by atoms with Gasteiger partial charge < -0.3 is 0 Å². The quantitative estimate of drug-likeness (QED) is 0.540. The number of hydrogen-bond acceptors (Lipinski definition) is 2. The summed E-state index contributed by atoms with van der Waals surface area (Å²) in [4.78, 5) is 10.4. The Hall–Kier alpha value is -0.240. The van der Waals surface area contributed by atoms with E-state index in [1.165, 1.54) is 0 Å². The third-order valence-electron chi connectivity index (χ3n) is 1.73. The molecule has 1 heterocycles. The van der Waals surface area contributed by atoms with Crippen LogP contribution in [0.1, 0.15) is 20.3 Å². The maximum atomic E-state index is 10.4. The smallest absolute Gasteiger partial charge is 0.146 e. The fourth-order valence-corrected chi connectivity index (χ4v) is 2.31. The second-order valence-corrected chi connectivity index (χ2v) is 4.43. The van der Waals surface area contributed by atoms with E-state index in [9.17, 15) is 4.79 Å². The van der Waals surface area contributed by atoms with E-state index in [4.69, 9.17) is 0 Å². The minimum atomic E-state index is 0.404. The van der Waals surface area contributed by atoms with Gasteiger partial charge in [-0.15, -0.1) is 0 Å². The number of thioether (sulfide) groups is 1. The van der Waals surface area contributed by atoms with Gasteiger partial charge in [0.2, 0.25) is 0 Å². The van der Waals surface area contributed by atoms with Crippen LogP contribution >= 0.6 is 11.8 Å². The van der Waals surface area contributed by atoms with Crippen LogP contribution in [0.2, 0.25) is 0 Å². The van der Waals surface area contributed by atoms with Gasteiger partial charge in [-0.2, -0.15) is 11.8 Å². The largest absolute Gasteiger partial charge is 0.298 e. The van der Waals surface area contributed by atoms with Crippen molar-refractivity contribution in [2.24, 2.45) is 0 Å². The zero-order valence-corrected chi connectivity index (χ0v) is 7.15. The molecule has 1 aliphatic rings. The Kier molecular flexibility index (Phi) is 2.55. The summed E-state index contributed by atoms with van der Waals surface area (Å²) in [5, 5.41) is 1.08. The van der Waals surface area contributed by atoms with Crippen molar-refractivity contribution in [2.45, 2.75) is 30.8 Å². The van der Waals surface area contributed by atoms with Crippen LogP contribution < -0.4 is 0 Å². The summed E-state index contributed by atoms with van der Waals surface area (Å²) < 4.78 is 0. The number of rotatable bonds is 1. The number of aldehydes is 1. The van der Waals surface area contributed by atoms with Gasteiger partial charge in [0.1, 0.15) is 6.29 Å². The molecule has 10 heavy (non-hydrogen) atoms. The second kappa shape index (κ2) is 3.24. The summed E-state index contributed by atoms with van der Waals surface area (Å²) in [5.74, 6) is 0. The molecule has 56 valence electrons. The topological polar surface area (TPSA) is 17.1 Å². The van der Waals surface area contributed by atoms with Gasteiger partial charge in [-0.25, -0.2) is 0 Å². The molecule has 0 aromatic rings. The van der Waals surface area contributed by atoms with E-state index < -0.39 is 0 Å². The van der Waals surface area contributed by atoms with Crippen LogP contribution in [-0.2, 0) is 4.79 Å². The highest BCUT2D eigenvalue weighted by molar-refractivity contribution is 8.00. The SMILES string of the molecule is CC1CC=C(C=O)C(C)S1. The second-order valence-electron chi connectivity index (χ2n) is 2.65. The standard InChI is InChI=1S/C8H12OS/c1-6-3-4-8(5-9)7(2)10-6/h4-7H,3H2,1-2H3. The molecule has 2 unspecified atom stereocenters. The first-order chi connectivity index (χ1) is 4.74. The van der Waals surface area contributed by atoms with Crippen LogP contribution in [0.5, 0.6) is 0 Å². The number of carbonyl (C=O) groups excluding carboxylic acids is 1. The summed E-state index contributed by atoms with van der Waals surface area (Å²) in [6.07, 6.45) is 4.07. The van der Waals surface area contributed by atoms with Crippen molar-refractivity contribution >= 4 is 18.0 Å². The van der Waals surface area contributed by atoms with Gasteiger partial charge in [0.05, 0.1) is 0 Å². The fourth-order valence-electron chi connectivity index (χ4n) is 1.09. The molecule has 0 aromatic carbocycles. The van der Waals surface area contributed by atoms with Crippen molar-refractivity contribution in [1.82, 2.24) is 0 Å². The molecule has 1 aliphatic heterocycles. The third kappa shape index (κ3) is 1.63. The summed E-state index contributed by atoms with van der Waals surface area (Å²) in [6.45, 7) is 4.28. The van der Waals surface area contributed by atoms with Gasteiger partial charge in [-0.05, 0) is 13.3 Å². The van der Waals surface area contributed by atoms with E-state index >= 15 is 0 Å². The van der Waals surface area contributed by atoms with Crippen LogP contribution in [0.3, 0.4) is 0 Å². The average Bonchev–Trinajstić information content (AvgIpc) is 1.88. The Bertz CT molecular complexity index is 163. The number of carbonyl (C=O) groups is 1. The van der Waals surface area contributed by atoms with Crippen molar-refractivity contribution < 1.29 is 4.79 Å². The van der Waals surface area contributed by atoms with E-state index in [1.807, 2.05) is 11.8 Å². The lowest BCUT2D eigenvalue weighted by atomic mass is 10.1. The van der Waals surface area contributed by atoms with Gasteiger partial charge in [-0.3, -0.25) is 4.79 Å². The summed E-state index contributed by atoms with van der Waals surface area (Å²) in [6, 6.07) is 0. The summed E-state index contributed by atoms with van der Waals surface area (Å²) in [7, 11) is 0. The lowest BCUT2D eigenvalue weighted by molar-refractivity contribution is -0.105. The van der Waals surface area contributed by atoms with E-state index in [1.54, 1.807) is 0 Å². The van der Waals surface area contributed by atoms with Gasteiger partial charge >= 0.3 is 0 Å². The van der Waals surface area contributed by atoms with Gasteiger partial charge in [0.15, 0.2) is 0 Å². The molecule has 1 rings (SSSR count). The Morgan fingerprint density at radius 3 is 2.90 bits per heavy atom. The molecule has 0 N–H and O–H groups in total. The molecule has 1 nitrogen and oxygen atoms in total. The van der Waals surface area contributed by atoms with Gasteiger partial charge in [-0.1, -0.05) is 13.0 Å². The molecular formula is C8H12OS. The minimum Gasteiger partial charge on any atom is -0.298 e. The zero-order chi connectivity index (χ0) is 7.56.